The molecule has 1 aromatic carbocycles. The Morgan fingerprint density at radius 2 is 1.77 bits per heavy atom. The van der Waals surface area contributed by atoms with E-state index in [4.69, 9.17) is 5.73 Å². The number of halogens is 1. The van der Waals surface area contributed by atoms with Crippen LogP contribution in [0.25, 0.3) is 0 Å². The number of guanidine groups is 1. The van der Waals surface area contributed by atoms with Gasteiger partial charge in [0.2, 0.25) is 5.91 Å². The van der Waals surface area contributed by atoms with Crippen LogP contribution in [0.1, 0.15) is 38.5 Å². The van der Waals surface area contributed by atoms with Gasteiger partial charge in [-0.2, -0.15) is 0 Å². The summed E-state index contributed by atoms with van der Waals surface area (Å²) in [6.45, 7) is 0.0421. The Balaban J connectivity index is 0.00000242. The first-order chi connectivity index (χ1) is 10.2. The zero-order chi connectivity index (χ0) is 14.9. The molecule has 1 fully saturated rings. The number of nitrogens with zero attached hydrogens (tertiary/aromatic N) is 1. The molecule has 0 unspecified atom stereocenters. The fraction of sp³-hybridized carbons (Fsp3) is 0.500. The van der Waals surface area contributed by atoms with Crippen LogP contribution < -0.4 is 16.4 Å². The molecule has 22 heavy (non-hydrogen) atoms. The first-order valence-corrected chi connectivity index (χ1v) is 7.65. The number of carbonyl (C=O) groups excluding carboxylic acids is 1. The normalized spacial score (nSPS) is 16.3. The maximum Gasteiger partial charge on any atom is 0.246 e. The van der Waals surface area contributed by atoms with Gasteiger partial charge in [-0.25, -0.2) is 4.99 Å². The van der Waals surface area contributed by atoms with Crippen molar-refractivity contribution in [1.29, 1.82) is 0 Å². The number of nitrogens with two attached hydrogens (primary N) is 1. The predicted molar refractivity (Wildman–Crippen MR) is 102 cm³/mol. The topological polar surface area (TPSA) is 79.5 Å². The molecule has 1 aromatic rings. The second kappa shape index (κ2) is 10.4. The first kappa shape index (κ1) is 18.7. The molecular weight excluding hydrogens is 391 g/mol. The van der Waals surface area contributed by atoms with E-state index in [1.165, 1.54) is 25.7 Å². The lowest BCUT2D eigenvalue weighted by molar-refractivity contribution is -0.114. The van der Waals surface area contributed by atoms with Crippen molar-refractivity contribution in [2.24, 2.45) is 10.7 Å². The molecule has 0 aliphatic heterocycles. The van der Waals surface area contributed by atoms with E-state index in [0.29, 0.717) is 12.0 Å². The van der Waals surface area contributed by atoms with E-state index >= 15 is 0 Å². The lowest BCUT2D eigenvalue weighted by Gasteiger charge is -2.16. The molecule has 2 rings (SSSR count). The lowest BCUT2D eigenvalue weighted by atomic mass is 10.1. The van der Waals surface area contributed by atoms with Crippen LogP contribution in [0.3, 0.4) is 0 Å². The van der Waals surface area contributed by atoms with E-state index in [9.17, 15) is 4.79 Å². The number of carbonyl (C=O) groups is 1. The molecule has 1 aliphatic carbocycles. The molecule has 0 heterocycles. The Labute approximate surface area is 149 Å². The maximum absolute atomic E-state index is 11.8. The molecule has 0 spiro atoms. The minimum absolute atomic E-state index is 0. The Morgan fingerprint density at radius 1 is 1.14 bits per heavy atom. The second-order valence-electron chi connectivity index (χ2n) is 5.45. The van der Waals surface area contributed by atoms with Crippen LogP contribution in [-0.4, -0.2) is 24.5 Å². The van der Waals surface area contributed by atoms with Crippen molar-refractivity contribution in [3.63, 3.8) is 0 Å². The first-order valence-electron chi connectivity index (χ1n) is 7.65. The van der Waals surface area contributed by atoms with Crippen LogP contribution in [0.15, 0.2) is 35.3 Å². The molecule has 4 N–H and O–H groups in total. The zero-order valence-electron chi connectivity index (χ0n) is 12.8. The summed E-state index contributed by atoms with van der Waals surface area (Å²) in [4.78, 5) is 15.9. The largest absolute Gasteiger partial charge is 0.370 e. The van der Waals surface area contributed by atoms with Crippen LogP contribution in [-0.2, 0) is 4.79 Å². The molecule has 6 heteroatoms. The van der Waals surface area contributed by atoms with Gasteiger partial charge in [0.1, 0.15) is 6.54 Å². The number of aliphatic imine (C=N–C) groups is 1. The number of hydrogen-bond acceptors (Lipinski definition) is 2. The standard InChI is InChI=1S/C16H24N4O.HI/c17-16(20-14-10-4-1-2-5-11-14)18-12-15(21)19-13-8-6-3-7-9-13;/h3,6-9,14H,1-2,4-5,10-12H2,(H,19,21)(H3,17,18,20);1H. The minimum Gasteiger partial charge on any atom is -0.370 e. The highest BCUT2D eigenvalue weighted by Gasteiger charge is 2.12. The summed E-state index contributed by atoms with van der Waals surface area (Å²) in [5, 5.41) is 6.01. The summed E-state index contributed by atoms with van der Waals surface area (Å²) in [7, 11) is 0. The van der Waals surface area contributed by atoms with Gasteiger partial charge in [-0.1, -0.05) is 43.9 Å². The van der Waals surface area contributed by atoms with Gasteiger partial charge < -0.3 is 16.4 Å². The summed E-state index contributed by atoms with van der Waals surface area (Å²) in [6.07, 6.45) is 7.33. The van der Waals surface area contributed by atoms with Gasteiger partial charge in [0, 0.05) is 11.7 Å². The average Bonchev–Trinajstić information content (AvgIpc) is 2.75. The second-order valence-corrected chi connectivity index (χ2v) is 5.45. The van der Waals surface area contributed by atoms with E-state index < -0.39 is 0 Å². The van der Waals surface area contributed by atoms with Crippen molar-refractivity contribution in [3.05, 3.63) is 30.3 Å². The fourth-order valence-electron chi connectivity index (χ4n) is 2.56. The Bertz CT molecular complexity index is 470. The van der Waals surface area contributed by atoms with Crippen LogP contribution in [0, 0.1) is 0 Å². The molecule has 0 bridgehead atoms. The molecule has 0 saturated heterocycles. The highest BCUT2D eigenvalue weighted by molar-refractivity contribution is 14.0. The molecule has 0 aromatic heterocycles. The third kappa shape index (κ3) is 7.11. The monoisotopic (exact) mass is 416 g/mol. The summed E-state index contributed by atoms with van der Waals surface area (Å²) in [5.74, 6) is 0.205. The Kier molecular flexibility index (Phi) is 8.88. The minimum atomic E-state index is -0.160. The Hall–Kier alpha value is -1.31. The van der Waals surface area contributed by atoms with Crippen molar-refractivity contribution in [3.8, 4) is 0 Å². The molecule has 1 saturated carbocycles. The van der Waals surface area contributed by atoms with Gasteiger partial charge in [-0.15, -0.1) is 24.0 Å². The van der Waals surface area contributed by atoms with Gasteiger partial charge in [0.25, 0.3) is 0 Å². The maximum atomic E-state index is 11.8. The number of amides is 1. The van der Waals surface area contributed by atoms with Gasteiger partial charge in [0.15, 0.2) is 5.96 Å². The lowest BCUT2D eigenvalue weighted by Crippen LogP contribution is -2.40. The highest BCUT2D eigenvalue weighted by Crippen LogP contribution is 2.16. The van der Waals surface area contributed by atoms with Gasteiger partial charge in [-0.05, 0) is 25.0 Å². The van der Waals surface area contributed by atoms with Crippen molar-refractivity contribution >= 4 is 41.5 Å². The van der Waals surface area contributed by atoms with Crippen molar-refractivity contribution in [1.82, 2.24) is 5.32 Å². The molecule has 0 radical (unpaired) electrons. The Morgan fingerprint density at radius 3 is 2.41 bits per heavy atom. The number of benzene rings is 1. The van der Waals surface area contributed by atoms with Gasteiger partial charge >= 0.3 is 0 Å². The average molecular weight is 416 g/mol. The molecule has 1 amide bonds. The molecule has 122 valence electrons. The van der Waals surface area contributed by atoms with Crippen molar-refractivity contribution in [2.45, 2.75) is 44.6 Å². The SMILES string of the molecule is I.NC(=NCC(=O)Nc1ccccc1)NC1CCCCCC1. The number of para-hydroxylation sites is 1. The van der Waals surface area contributed by atoms with E-state index in [1.807, 2.05) is 30.3 Å². The van der Waals surface area contributed by atoms with E-state index in [1.54, 1.807) is 0 Å². The van der Waals surface area contributed by atoms with Crippen molar-refractivity contribution < 1.29 is 4.79 Å². The number of rotatable bonds is 4. The van der Waals surface area contributed by atoms with E-state index in [0.717, 1.165) is 18.5 Å². The summed E-state index contributed by atoms with van der Waals surface area (Å²) in [6, 6.07) is 9.74. The number of anilines is 1. The number of hydrogen-bond donors (Lipinski definition) is 3. The zero-order valence-corrected chi connectivity index (χ0v) is 15.1. The quantitative estimate of drug-likeness (QED) is 0.306. The van der Waals surface area contributed by atoms with E-state index in [2.05, 4.69) is 15.6 Å². The molecule has 0 atom stereocenters. The van der Waals surface area contributed by atoms with Crippen LogP contribution >= 0.6 is 24.0 Å². The summed E-state index contributed by atoms with van der Waals surface area (Å²) >= 11 is 0. The van der Waals surface area contributed by atoms with Gasteiger partial charge in [-0.3, -0.25) is 4.79 Å². The fourth-order valence-corrected chi connectivity index (χ4v) is 2.56. The van der Waals surface area contributed by atoms with E-state index in [-0.39, 0.29) is 36.4 Å². The molecule has 1 aliphatic rings. The predicted octanol–water partition coefficient (Wildman–Crippen LogP) is 2.87. The van der Waals surface area contributed by atoms with Crippen LogP contribution in [0.5, 0.6) is 0 Å². The number of nitrogens with one attached hydrogen (secondary N) is 2. The summed E-state index contributed by atoms with van der Waals surface area (Å²) in [5.41, 5.74) is 6.63. The van der Waals surface area contributed by atoms with Gasteiger partial charge in [0.05, 0.1) is 0 Å². The molecular formula is C16H25IN4O. The third-order valence-electron chi connectivity index (χ3n) is 3.66. The third-order valence-corrected chi connectivity index (χ3v) is 3.66. The summed E-state index contributed by atoms with van der Waals surface area (Å²) < 4.78 is 0. The van der Waals surface area contributed by atoms with Crippen LogP contribution in [0.2, 0.25) is 0 Å². The van der Waals surface area contributed by atoms with Crippen molar-refractivity contribution in [2.75, 3.05) is 11.9 Å². The highest BCUT2D eigenvalue weighted by atomic mass is 127. The van der Waals surface area contributed by atoms with Crippen LogP contribution in [0.4, 0.5) is 5.69 Å². The smallest absolute Gasteiger partial charge is 0.246 e. The molecule has 5 nitrogen and oxygen atoms in total.